The van der Waals surface area contributed by atoms with Gasteiger partial charge in [-0.1, -0.05) is 11.8 Å². The number of carbonyl (C=O) groups excluding carboxylic acids is 1. The van der Waals surface area contributed by atoms with E-state index < -0.39 is 11.8 Å². The zero-order chi connectivity index (χ0) is 15.2. The third kappa shape index (κ3) is 3.85. The fourth-order valence-corrected chi connectivity index (χ4v) is 1.74. The van der Waals surface area contributed by atoms with Gasteiger partial charge in [0.15, 0.2) is 5.82 Å². The normalized spacial score (nSPS) is 10.2. The summed E-state index contributed by atoms with van der Waals surface area (Å²) < 4.78 is 18.0. The molecule has 2 aromatic heterocycles. The van der Waals surface area contributed by atoms with Gasteiger partial charge in [0.1, 0.15) is 5.82 Å². The summed E-state index contributed by atoms with van der Waals surface area (Å²) in [6.45, 7) is 1.88. The maximum atomic E-state index is 13.1. The second-order valence-electron chi connectivity index (χ2n) is 3.73. The lowest BCUT2D eigenvalue weighted by atomic mass is 10.3. The maximum Gasteiger partial charge on any atom is 0.362 e. The molecule has 2 aromatic rings. The topological polar surface area (TPSA) is 89.9 Å². The number of thioether (sulfide) groups is 1. The van der Waals surface area contributed by atoms with Crippen molar-refractivity contribution in [3.63, 3.8) is 0 Å². The molecule has 0 saturated heterocycles. The molecule has 110 valence electrons. The third-order valence-electron chi connectivity index (χ3n) is 2.29. The number of halogens is 1. The summed E-state index contributed by atoms with van der Waals surface area (Å²) in [7, 11) is 0. The number of nitrogens with one attached hydrogen (secondary N) is 1. The molecule has 0 radical (unpaired) electrons. The van der Waals surface area contributed by atoms with Crippen LogP contribution in [0.3, 0.4) is 0 Å². The van der Waals surface area contributed by atoms with E-state index in [4.69, 9.17) is 4.74 Å². The predicted molar refractivity (Wildman–Crippen MR) is 75.0 cm³/mol. The SMILES string of the molecule is CCOC(=O)c1nnc(SC)nc1Nc1cncc(F)c1. The predicted octanol–water partition coefficient (Wildman–Crippen LogP) is 2.05. The molecule has 0 fully saturated rings. The Hall–Kier alpha value is -2.29. The molecule has 2 rings (SSSR count). The molecular weight excluding hydrogens is 297 g/mol. The van der Waals surface area contributed by atoms with Gasteiger partial charge in [-0.25, -0.2) is 14.2 Å². The number of aromatic nitrogens is 4. The highest BCUT2D eigenvalue weighted by atomic mass is 32.2. The van der Waals surface area contributed by atoms with Gasteiger partial charge in [-0.15, -0.1) is 10.2 Å². The van der Waals surface area contributed by atoms with Gasteiger partial charge in [0.05, 0.1) is 24.7 Å². The third-order valence-corrected chi connectivity index (χ3v) is 2.82. The van der Waals surface area contributed by atoms with Gasteiger partial charge in [-0.2, -0.15) is 0 Å². The van der Waals surface area contributed by atoms with E-state index in [2.05, 4.69) is 25.5 Å². The molecule has 0 spiro atoms. The van der Waals surface area contributed by atoms with Crippen LogP contribution in [-0.4, -0.2) is 39.0 Å². The van der Waals surface area contributed by atoms with Crippen LogP contribution in [0.25, 0.3) is 0 Å². The van der Waals surface area contributed by atoms with E-state index in [1.807, 2.05) is 0 Å². The van der Waals surface area contributed by atoms with Gasteiger partial charge in [-0.3, -0.25) is 4.98 Å². The Balaban J connectivity index is 2.37. The lowest BCUT2D eigenvalue weighted by Crippen LogP contribution is -2.13. The number of esters is 1. The lowest BCUT2D eigenvalue weighted by molar-refractivity contribution is 0.0518. The van der Waals surface area contributed by atoms with E-state index >= 15 is 0 Å². The molecule has 7 nitrogen and oxygen atoms in total. The second kappa shape index (κ2) is 6.93. The van der Waals surface area contributed by atoms with Crippen LogP contribution in [0.4, 0.5) is 15.9 Å². The first-order valence-electron chi connectivity index (χ1n) is 5.97. The largest absolute Gasteiger partial charge is 0.461 e. The van der Waals surface area contributed by atoms with E-state index in [1.165, 1.54) is 24.0 Å². The number of pyridine rings is 1. The summed E-state index contributed by atoms with van der Waals surface area (Å²) in [5.74, 6) is -1.03. The van der Waals surface area contributed by atoms with Gasteiger partial charge in [0, 0.05) is 6.07 Å². The Labute approximate surface area is 124 Å². The molecule has 0 atom stereocenters. The van der Waals surface area contributed by atoms with Crippen LogP contribution in [0.2, 0.25) is 0 Å². The minimum atomic E-state index is -0.656. The molecule has 9 heteroatoms. The molecule has 0 unspecified atom stereocenters. The Morgan fingerprint density at radius 1 is 1.43 bits per heavy atom. The van der Waals surface area contributed by atoms with Gasteiger partial charge >= 0.3 is 5.97 Å². The van der Waals surface area contributed by atoms with Crippen molar-refractivity contribution in [3.05, 3.63) is 30.0 Å². The van der Waals surface area contributed by atoms with Crippen molar-refractivity contribution in [1.29, 1.82) is 0 Å². The van der Waals surface area contributed by atoms with E-state index in [9.17, 15) is 9.18 Å². The molecular formula is C12H12FN5O2S. The van der Waals surface area contributed by atoms with Crippen LogP contribution >= 0.6 is 11.8 Å². The van der Waals surface area contributed by atoms with Crippen LogP contribution in [0.5, 0.6) is 0 Å². The lowest BCUT2D eigenvalue weighted by Gasteiger charge is -2.09. The number of anilines is 2. The summed E-state index contributed by atoms with van der Waals surface area (Å²) in [4.78, 5) is 19.7. The first-order valence-corrected chi connectivity index (χ1v) is 7.20. The average molecular weight is 309 g/mol. The number of hydrogen-bond acceptors (Lipinski definition) is 8. The molecule has 0 amide bonds. The van der Waals surface area contributed by atoms with Crippen molar-refractivity contribution in [3.8, 4) is 0 Å². The Morgan fingerprint density at radius 3 is 2.90 bits per heavy atom. The highest BCUT2D eigenvalue weighted by Crippen LogP contribution is 2.20. The molecule has 21 heavy (non-hydrogen) atoms. The summed E-state index contributed by atoms with van der Waals surface area (Å²) >= 11 is 1.26. The monoisotopic (exact) mass is 309 g/mol. The van der Waals surface area contributed by atoms with Crippen molar-refractivity contribution in [1.82, 2.24) is 20.2 Å². The van der Waals surface area contributed by atoms with Crippen LogP contribution < -0.4 is 5.32 Å². The smallest absolute Gasteiger partial charge is 0.362 e. The van der Waals surface area contributed by atoms with E-state index in [0.717, 1.165) is 6.20 Å². The van der Waals surface area contributed by atoms with Crippen LogP contribution in [0.15, 0.2) is 23.6 Å². The number of hydrogen-bond donors (Lipinski definition) is 1. The summed E-state index contributed by atoms with van der Waals surface area (Å²) in [5, 5.41) is 10.8. The summed E-state index contributed by atoms with van der Waals surface area (Å²) in [6, 6.07) is 1.23. The average Bonchev–Trinajstić information content (AvgIpc) is 2.47. The Kier molecular flexibility index (Phi) is 4.99. The minimum Gasteiger partial charge on any atom is -0.461 e. The maximum absolute atomic E-state index is 13.1. The van der Waals surface area contributed by atoms with E-state index in [0.29, 0.717) is 10.8 Å². The van der Waals surface area contributed by atoms with E-state index in [-0.39, 0.29) is 18.1 Å². The van der Waals surface area contributed by atoms with Crippen LogP contribution in [0.1, 0.15) is 17.4 Å². The first kappa shape index (κ1) is 15.1. The molecule has 0 aliphatic rings. The van der Waals surface area contributed by atoms with Gasteiger partial charge in [0.2, 0.25) is 10.9 Å². The fraction of sp³-hybridized carbons (Fsp3) is 0.250. The molecule has 0 aliphatic heterocycles. The minimum absolute atomic E-state index is 0.0705. The number of ether oxygens (including phenoxy) is 1. The first-order chi connectivity index (χ1) is 10.1. The van der Waals surface area contributed by atoms with Crippen molar-refractivity contribution < 1.29 is 13.9 Å². The van der Waals surface area contributed by atoms with Crippen molar-refractivity contribution in [2.45, 2.75) is 12.1 Å². The number of rotatable bonds is 5. The van der Waals surface area contributed by atoms with Gasteiger partial charge in [0.25, 0.3) is 0 Å². The number of carbonyl (C=O) groups is 1. The molecule has 0 saturated carbocycles. The molecule has 1 N–H and O–H groups in total. The number of nitrogens with zero attached hydrogens (tertiary/aromatic N) is 4. The Morgan fingerprint density at radius 2 is 2.24 bits per heavy atom. The van der Waals surface area contributed by atoms with Crippen molar-refractivity contribution >= 4 is 29.2 Å². The second-order valence-corrected chi connectivity index (χ2v) is 4.51. The van der Waals surface area contributed by atoms with Crippen molar-refractivity contribution in [2.24, 2.45) is 0 Å². The van der Waals surface area contributed by atoms with Gasteiger partial charge in [-0.05, 0) is 13.2 Å². The van der Waals surface area contributed by atoms with Gasteiger partial charge < -0.3 is 10.1 Å². The summed E-state index contributed by atoms with van der Waals surface area (Å²) in [5.41, 5.74) is 0.270. The summed E-state index contributed by atoms with van der Waals surface area (Å²) in [6.07, 6.45) is 4.25. The Bertz CT molecular complexity index is 655. The standard InChI is InChI=1S/C12H12FN5O2S/c1-3-20-11(19)9-10(16-12(21-2)18-17-9)15-8-4-7(13)5-14-6-8/h4-6H,3H2,1-2H3,(H,15,16,18). The van der Waals surface area contributed by atoms with Crippen LogP contribution in [0, 0.1) is 5.82 Å². The highest BCUT2D eigenvalue weighted by Gasteiger charge is 2.18. The van der Waals surface area contributed by atoms with Crippen LogP contribution in [-0.2, 0) is 4.74 Å². The fourth-order valence-electron chi connectivity index (χ4n) is 1.44. The zero-order valence-corrected chi connectivity index (χ0v) is 12.1. The quantitative estimate of drug-likeness (QED) is 0.663. The zero-order valence-electron chi connectivity index (χ0n) is 11.3. The highest BCUT2D eigenvalue weighted by molar-refractivity contribution is 7.98. The molecule has 2 heterocycles. The molecule has 0 bridgehead atoms. The van der Waals surface area contributed by atoms with Crippen molar-refractivity contribution in [2.75, 3.05) is 18.2 Å². The molecule has 0 aliphatic carbocycles. The molecule has 0 aromatic carbocycles. The van der Waals surface area contributed by atoms with E-state index in [1.54, 1.807) is 13.2 Å².